The summed E-state index contributed by atoms with van der Waals surface area (Å²) in [6.07, 6.45) is 0. The molecule has 2 aromatic carbocycles. The van der Waals surface area contributed by atoms with E-state index in [2.05, 4.69) is 26.2 Å². The zero-order chi connectivity index (χ0) is 17.1. The van der Waals surface area contributed by atoms with E-state index in [1.54, 1.807) is 43.3 Å². The summed E-state index contributed by atoms with van der Waals surface area (Å²) in [5.74, 6) is -0.603. The van der Waals surface area contributed by atoms with Crippen molar-refractivity contribution in [2.24, 2.45) is 0 Å². The molecule has 0 saturated heterocycles. The van der Waals surface area contributed by atoms with Gasteiger partial charge in [-0.3, -0.25) is 10.1 Å². The fourth-order valence-electron chi connectivity index (χ4n) is 2.12. The molecule has 0 saturated carbocycles. The lowest BCUT2D eigenvalue weighted by Gasteiger charge is -2.01. The van der Waals surface area contributed by atoms with Crippen LogP contribution in [0.4, 0.5) is 5.13 Å². The molecule has 0 fully saturated rings. The highest BCUT2D eigenvalue weighted by atomic mass is 79.9. The minimum atomic E-state index is -0.368. The first kappa shape index (κ1) is 16.6. The Labute approximate surface area is 150 Å². The van der Waals surface area contributed by atoms with Gasteiger partial charge in [-0.1, -0.05) is 33.3 Å². The molecule has 0 aliphatic carbocycles. The number of fused-ring (bicyclic) bond motifs is 1. The summed E-state index contributed by atoms with van der Waals surface area (Å²) in [7, 11) is 0. The number of amides is 1. The molecule has 5 nitrogen and oxygen atoms in total. The number of halogens is 1. The van der Waals surface area contributed by atoms with E-state index in [0.29, 0.717) is 22.9 Å². The van der Waals surface area contributed by atoms with E-state index in [1.807, 2.05) is 6.07 Å². The van der Waals surface area contributed by atoms with E-state index in [4.69, 9.17) is 4.74 Å². The van der Waals surface area contributed by atoms with Crippen molar-refractivity contribution < 1.29 is 14.3 Å². The lowest BCUT2D eigenvalue weighted by molar-refractivity contribution is 0.0526. The first-order chi connectivity index (χ1) is 11.6. The number of anilines is 1. The SMILES string of the molecule is CCOC(=O)c1ccc2nc(NC(=O)c3cccc(Br)c3)sc2c1. The van der Waals surface area contributed by atoms with Crippen molar-refractivity contribution in [3.63, 3.8) is 0 Å². The number of nitrogens with one attached hydrogen (secondary N) is 1. The number of carbonyl (C=O) groups is 2. The molecular weight excluding hydrogens is 392 g/mol. The lowest BCUT2D eigenvalue weighted by Crippen LogP contribution is -2.11. The van der Waals surface area contributed by atoms with Gasteiger partial charge in [0.2, 0.25) is 0 Å². The molecule has 1 N–H and O–H groups in total. The van der Waals surface area contributed by atoms with Gasteiger partial charge in [0, 0.05) is 10.0 Å². The van der Waals surface area contributed by atoms with E-state index in [0.717, 1.165) is 14.7 Å². The number of thiazole rings is 1. The molecule has 0 aliphatic heterocycles. The average molecular weight is 405 g/mol. The summed E-state index contributed by atoms with van der Waals surface area (Å²) in [4.78, 5) is 28.4. The van der Waals surface area contributed by atoms with Gasteiger partial charge in [0.15, 0.2) is 5.13 Å². The highest BCUT2D eigenvalue weighted by molar-refractivity contribution is 9.10. The van der Waals surface area contributed by atoms with Crippen molar-refractivity contribution in [1.29, 1.82) is 0 Å². The summed E-state index contributed by atoms with van der Waals surface area (Å²) >= 11 is 4.65. The molecular formula is C17H13BrN2O3S. The van der Waals surface area contributed by atoms with Crippen molar-refractivity contribution in [3.05, 3.63) is 58.1 Å². The minimum absolute atomic E-state index is 0.235. The Bertz CT molecular complexity index is 923. The smallest absolute Gasteiger partial charge is 0.338 e. The predicted octanol–water partition coefficient (Wildman–Crippen LogP) is 4.49. The fourth-order valence-corrected chi connectivity index (χ4v) is 3.42. The molecule has 1 amide bonds. The van der Waals surface area contributed by atoms with Gasteiger partial charge in [0.1, 0.15) is 0 Å². The van der Waals surface area contributed by atoms with Gasteiger partial charge in [0.05, 0.1) is 22.4 Å². The molecule has 1 heterocycles. The van der Waals surface area contributed by atoms with Gasteiger partial charge in [-0.25, -0.2) is 9.78 Å². The number of ether oxygens (including phenoxy) is 1. The van der Waals surface area contributed by atoms with Crippen LogP contribution in [0.5, 0.6) is 0 Å². The monoisotopic (exact) mass is 404 g/mol. The summed E-state index contributed by atoms with van der Waals surface area (Å²) in [6.45, 7) is 2.09. The molecule has 0 unspecified atom stereocenters. The summed E-state index contributed by atoms with van der Waals surface area (Å²) in [5, 5.41) is 3.26. The maximum absolute atomic E-state index is 12.3. The Morgan fingerprint density at radius 2 is 2.04 bits per heavy atom. The molecule has 1 aromatic heterocycles. The maximum atomic E-state index is 12.3. The highest BCUT2D eigenvalue weighted by Gasteiger charge is 2.13. The second-order valence-electron chi connectivity index (χ2n) is 4.89. The lowest BCUT2D eigenvalue weighted by atomic mass is 10.2. The topological polar surface area (TPSA) is 68.3 Å². The van der Waals surface area contributed by atoms with E-state index < -0.39 is 0 Å². The third kappa shape index (κ3) is 3.63. The van der Waals surface area contributed by atoms with Crippen LogP contribution in [-0.4, -0.2) is 23.5 Å². The van der Waals surface area contributed by atoms with Crippen LogP contribution >= 0.6 is 27.3 Å². The third-order valence-electron chi connectivity index (χ3n) is 3.21. The standard InChI is InChI=1S/C17H13BrN2O3S/c1-2-23-16(22)11-6-7-13-14(9-11)24-17(19-13)20-15(21)10-4-3-5-12(18)8-10/h3-9H,2H2,1H3,(H,19,20,21). The van der Waals surface area contributed by atoms with Crippen LogP contribution in [0.3, 0.4) is 0 Å². The van der Waals surface area contributed by atoms with Crippen LogP contribution in [-0.2, 0) is 4.74 Å². The maximum Gasteiger partial charge on any atom is 0.338 e. The number of benzene rings is 2. The molecule has 3 aromatic rings. The molecule has 0 spiro atoms. The van der Waals surface area contributed by atoms with Crippen molar-refractivity contribution in [3.8, 4) is 0 Å². The van der Waals surface area contributed by atoms with Crippen LogP contribution in [0, 0.1) is 0 Å². The Kier molecular flexibility index (Phi) is 4.92. The molecule has 7 heteroatoms. The summed E-state index contributed by atoms with van der Waals surface area (Å²) in [6, 6.07) is 12.2. The van der Waals surface area contributed by atoms with Gasteiger partial charge >= 0.3 is 5.97 Å². The fraction of sp³-hybridized carbons (Fsp3) is 0.118. The first-order valence-corrected chi connectivity index (χ1v) is 8.82. The Hall–Kier alpha value is -2.25. The van der Waals surface area contributed by atoms with Crippen LogP contribution in [0.1, 0.15) is 27.6 Å². The molecule has 0 bridgehead atoms. The van der Waals surface area contributed by atoms with Gasteiger partial charge < -0.3 is 4.74 Å². The molecule has 0 radical (unpaired) electrons. The van der Waals surface area contributed by atoms with Gasteiger partial charge in [0.25, 0.3) is 5.91 Å². The van der Waals surface area contributed by atoms with Crippen molar-refractivity contribution in [2.75, 3.05) is 11.9 Å². The minimum Gasteiger partial charge on any atom is -0.462 e. The van der Waals surface area contributed by atoms with Gasteiger partial charge in [-0.05, 0) is 43.3 Å². The Balaban J connectivity index is 1.83. The number of hydrogen-bond donors (Lipinski definition) is 1. The van der Waals surface area contributed by atoms with Crippen LogP contribution in [0.2, 0.25) is 0 Å². The molecule has 0 aliphatic rings. The van der Waals surface area contributed by atoms with E-state index in [1.165, 1.54) is 11.3 Å². The second kappa shape index (κ2) is 7.11. The van der Waals surface area contributed by atoms with Gasteiger partial charge in [-0.2, -0.15) is 0 Å². The summed E-state index contributed by atoms with van der Waals surface area (Å²) in [5.41, 5.74) is 1.73. The molecule has 24 heavy (non-hydrogen) atoms. The van der Waals surface area contributed by atoms with Gasteiger partial charge in [-0.15, -0.1) is 0 Å². The normalized spacial score (nSPS) is 10.6. The number of aromatic nitrogens is 1. The zero-order valence-electron chi connectivity index (χ0n) is 12.7. The average Bonchev–Trinajstić information content (AvgIpc) is 2.96. The van der Waals surface area contributed by atoms with Crippen LogP contribution in [0.25, 0.3) is 10.2 Å². The number of carbonyl (C=O) groups excluding carboxylic acids is 2. The quantitative estimate of drug-likeness (QED) is 0.650. The summed E-state index contributed by atoms with van der Waals surface area (Å²) < 4.78 is 6.63. The first-order valence-electron chi connectivity index (χ1n) is 7.21. The van der Waals surface area contributed by atoms with E-state index >= 15 is 0 Å². The predicted molar refractivity (Wildman–Crippen MR) is 97.7 cm³/mol. The van der Waals surface area contributed by atoms with Crippen molar-refractivity contribution >= 4 is 54.5 Å². The molecule has 122 valence electrons. The van der Waals surface area contributed by atoms with E-state index in [9.17, 15) is 9.59 Å². The second-order valence-corrected chi connectivity index (χ2v) is 6.83. The van der Waals surface area contributed by atoms with Crippen LogP contribution < -0.4 is 5.32 Å². The largest absolute Gasteiger partial charge is 0.462 e. The Morgan fingerprint density at radius 1 is 1.21 bits per heavy atom. The number of nitrogens with zero attached hydrogens (tertiary/aromatic N) is 1. The number of hydrogen-bond acceptors (Lipinski definition) is 5. The Morgan fingerprint density at radius 3 is 2.79 bits per heavy atom. The zero-order valence-corrected chi connectivity index (χ0v) is 15.1. The molecule has 0 atom stereocenters. The number of esters is 1. The van der Waals surface area contributed by atoms with Crippen molar-refractivity contribution in [2.45, 2.75) is 6.92 Å². The molecule has 3 rings (SSSR count). The van der Waals surface area contributed by atoms with Crippen molar-refractivity contribution in [1.82, 2.24) is 4.98 Å². The number of rotatable bonds is 4. The van der Waals surface area contributed by atoms with Crippen LogP contribution in [0.15, 0.2) is 46.9 Å². The van der Waals surface area contributed by atoms with E-state index in [-0.39, 0.29) is 11.9 Å². The highest BCUT2D eigenvalue weighted by Crippen LogP contribution is 2.27. The third-order valence-corrected chi connectivity index (χ3v) is 4.63.